The molecule has 0 aliphatic rings. The summed E-state index contributed by atoms with van der Waals surface area (Å²) in [6, 6.07) is 17.4. The highest BCUT2D eigenvalue weighted by molar-refractivity contribution is 5.94. The normalized spacial score (nSPS) is 10.7. The van der Waals surface area contributed by atoms with Gasteiger partial charge in [-0.2, -0.15) is 5.10 Å². The summed E-state index contributed by atoms with van der Waals surface area (Å²) in [4.78, 5) is 16.8. The predicted octanol–water partition coefficient (Wildman–Crippen LogP) is 4.22. The van der Waals surface area contributed by atoms with Crippen LogP contribution >= 0.6 is 0 Å². The van der Waals surface area contributed by atoms with Crippen LogP contribution in [-0.4, -0.2) is 20.7 Å². The van der Waals surface area contributed by atoms with Gasteiger partial charge in [0, 0.05) is 37.1 Å². The number of amides is 1. The Balaban J connectivity index is 1.37. The number of pyridine rings is 1. The zero-order valence-corrected chi connectivity index (χ0v) is 15.8. The average Bonchev–Trinajstić information content (AvgIpc) is 3.19. The Morgan fingerprint density at radius 2 is 1.62 bits per heavy atom. The molecule has 6 heteroatoms. The van der Waals surface area contributed by atoms with Crippen molar-refractivity contribution in [2.75, 3.05) is 0 Å². The van der Waals surface area contributed by atoms with Crippen molar-refractivity contribution in [2.45, 2.75) is 6.54 Å². The lowest BCUT2D eigenvalue weighted by atomic mass is 10.0. The quantitative estimate of drug-likeness (QED) is 0.559. The average molecular weight is 386 g/mol. The third-order valence-corrected chi connectivity index (χ3v) is 4.60. The number of benzene rings is 2. The fourth-order valence-electron chi connectivity index (χ4n) is 2.99. The number of hydrogen-bond donors (Lipinski definition) is 1. The maximum Gasteiger partial charge on any atom is 0.251 e. The van der Waals surface area contributed by atoms with Gasteiger partial charge in [-0.3, -0.25) is 14.5 Å². The van der Waals surface area contributed by atoms with Gasteiger partial charge in [0.15, 0.2) is 0 Å². The lowest BCUT2D eigenvalue weighted by molar-refractivity contribution is 0.0951. The summed E-state index contributed by atoms with van der Waals surface area (Å²) in [7, 11) is 1.86. The Morgan fingerprint density at radius 1 is 0.931 bits per heavy atom. The zero-order valence-electron chi connectivity index (χ0n) is 15.8. The highest BCUT2D eigenvalue weighted by atomic mass is 19.1. The molecule has 0 bridgehead atoms. The number of hydrogen-bond acceptors (Lipinski definition) is 3. The molecule has 0 radical (unpaired) electrons. The van der Waals surface area contributed by atoms with Crippen molar-refractivity contribution in [1.82, 2.24) is 20.1 Å². The molecule has 0 aliphatic heterocycles. The molecule has 1 amide bonds. The van der Waals surface area contributed by atoms with Crippen LogP contribution in [0.2, 0.25) is 0 Å². The van der Waals surface area contributed by atoms with E-state index in [9.17, 15) is 9.18 Å². The van der Waals surface area contributed by atoms with E-state index in [-0.39, 0.29) is 11.7 Å². The Labute approximate surface area is 167 Å². The van der Waals surface area contributed by atoms with E-state index in [1.807, 2.05) is 37.5 Å². The van der Waals surface area contributed by atoms with E-state index < -0.39 is 0 Å². The van der Waals surface area contributed by atoms with Crippen molar-refractivity contribution in [3.05, 3.63) is 96.2 Å². The molecular formula is C23H19FN4O. The van der Waals surface area contributed by atoms with Gasteiger partial charge in [0.2, 0.25) is 0 Å². The molecule has 0 saturated carbocycles. The highest BCUT2D eigenvalue weighted by Crippen LogP contribution is 2.20. The summed E-state index contributed by atoms with van der Waals surface area (Å²) >= 11 is 0. The Morgan fingerprint density at radius 3 is 2.21 bits per heavy atom. The molecule has 0 saturated heterocycles. The molecule has 5 nitrogen and oxygen atoms in total. The first-order chi connectivity index (χ1) is 14.1. The maximum absolute atomic E-state index is 13.0. The first-order valence-electron chi connectivity index (χ1n) is 9.17. The van der Waals surface area contributed by atoms with Crippen LogP contribution in [0.15, 0.2) is 79.3 Å². The number of carbonyl (C=O) groups excluding carboxylic acids is 1. The van der Waals surface area contributed by atoms with Crippen molar-refractivity contribution in [3.8, 4) is 22.4 Å². The SMILES string of the molecule is Cn1cc(-c2ccc(CNC(=O)c3ccc(-c4ccc(F)cc4)cc3)cn2)cn1. The van der Waals surface area contributed by atoms with Crippen LogP contribution in [0.5, 0.6) is 0 Å². The van der Waals surface area contributed by atoms with Gasteiger partial charge in [-0.15, -0.1) is 0 Å². The van der Waals surface area contributed by atoms with Crippen LogP contribution < -0.4 is 5.32 Å². The minimum Gasteiger partial charge on any atom is -0.348 e. The number of nitrogens with one attached hydrogen (secondary N) is 1. The summed E-state index contributed by atoms with van der Waals surface area (Å²) in [5, 5.41) is 7.04. The third kappa shape index (κ3) is 4.38. The summed E-state index contributed by atoms with van der Waals surface area (Å²) in [5.74, 6) is -0.431. The van der Waals surface area contributed by atoms with Crippen molar-refractivity contribution < 1.29 is 9.18 Å². The number of aromatic nitrogens is 3. The third-order valence-electron chi connectivity index (χ3n) is 4.60. The lowest BCUT2D eigenvalue weighted by Crippen LogP contribution is -2.22. The van der Waals surface area contributed by atoms with E-state index in [4.69, 9.17) is 0 Å². The van der Waals surface area contributed by atoms with Crippen LogP contribution in [-0.2, 0) is 13.6 Å². The van der Waals surface area contributed by atoms with E-state index in [0.29, 0.717) is 12.1 Å². The van der Waals surface area contributed by atoms with Crippen LogP contribution in [0.1, 0.15) is 15.9 Å². The molecule has 144 valence electrons. The molecular weight excluding hydrogens is 367 g/mol. The monoisotopic (exact) mass is 386 g/mol. The van der Waals surface area contributed by atoms with Crippen molar-refractivity contribution >= 4 is 5.91 Å². The van der Waals surface area contributed by atoms with Gasteiger partial charge >= 0.3 is 0 Å². The molecule has 4 aromatic rings. The number of nitrogens with zero attached hydrogens (tertiary/aromatic N) is 3. The van der Waals surface area contributed by atoms with E-state index >= 15 is 0 Å². The van der Waals surface area contributed by atoms with Crippen LogP contribution in [0.25, 0.3) is 22.4 Å². The summed E-state index contributed by atoms with van der Waals surface area (Å²) < 4.78 is 14.8. The maximum atomic E-state index is 13.0. The molecule has 2 aromatic carbocycles. The second-order valence-electron chi connectivity index (χ2n) is 6.72. The molecule has 0 unspecified atom stereocenters. The van der Waals surface area contributed by atoms with Crippen molar-refractivity contribution in [3.63, 3.8) is 0 Å². The summed E-state index contributed by atoms with van der Waals surface area (Å²) in [6.07, 6.45) is 5.42. The first kappa shape index (κ1) is 18.6. The van der Waals surface area contributed by atoms with Gasteiger partial charge < -0.3 is 5.32 Å². The number of aryl methyl sites for hydroxylation is 1. The smallest absolute Gasteiger partial charge is 0.251 e. The van der Waals surface area contributed by atoms with Gasteiger partial charge in [-0.25, -0.2) is 4.39 Å². The molecule has 0 spiro atoms. The fourth-order valence-corrected chi connectivity index (χ4v) is 2.99. The van der Waals surface area contributed by atoms with E-state index in [1.54, 1.807) is 41.3 Å². The van der Waals surface area contributed by atoms with Gasteiger partial charge in [0.05, 0.1) is 11.9 Å². The zero-order chi connectivity index (χ0) is 20.2. The van der Waals surface area contributed by atoms with Crippen LogP contribution in [0.3, 0.4) is 0 Å². The van der Waals surface area contributed by atoms with Gasteiger partial charge in [0.25, 0.3) is 5.91 Å². The largest absolute Gasteiger partial charge is 0.348 e. The van der Waals surface area contributed by atoms with Crippen LogP contribution in [0, 0.1) is 5.82 Å². The molecule has 0 aliphatic carbocycles. The minimum atomic E-state index is -0.271. The standard InChI is InChI=1S/C23H19FN4O/c1-28-15-20(14-27-28)22-11-2-16(12-25-22)13-26-23(29)19-5-3-17(4-6-19)18-7-9-21(24)10-8-18/h2-12,14-15H,13H2,1H3,(H,26,29). The first-order valence-corrected chi connectivity index (χ1v) is 9.17. The highest BCUT2D eigenvalue weighted by Gasteiger charge is 2.07. The molecule has 2 aromatic heterocycles. The number of carbonyl (C=O) groups is 1. The number of halogens is 1. The second-order valence-corrected chi connectivity index (χ2v) is 6.72. The Bertz CT molecular complexity index is 1120. The topological polar surface area (TPSA) is 59.8 Å². The Kier molecular flexibility index (Phi) is 5.16. The van der Waals surface area contributed by atoms with Crippen molar-refractivity contribution in [2.24, 2.45) is 7.05 Å². The molecule has 0 atom stereocenters. The second kappa shape index (κ2) is 8.06. The molecule has 2 heterocycles. The summed E-state index contributed by atoms with van der Waals surface area (Å²) in [5.41, 5.74) is 5.09. The van der Waals surface area contributed by atoms with E-state index in [1.165, 1.54) is 12.1 Å². The molecule has 29 heavy (non-hydrogen) atoms. The van der Waals surface area contributed by atoms with E-state index in [2.05, 4.69) is 15.4 Å². The molecule has 4 rings (SSSR count). The summed E-state index contributed by atoms with van der Waals surface area (Å²) in [6.45, 7) is 0.388. The van der Waals surface area contributed by atoms with Gasteiger partial charge in [-0.1, -0.05) is 30.3 Å². The number of rotatable bonds is 5. The van der Waals surface area contributed by atoms with Crippen LogP contribution in [0.4, 0.5) is 4.39 Å². The lowest BCUT2D eigenvalue weighted by Gasteiger charge is -2.07. The van der Waals surface area contributed by atoms with E-state index in [0.717, 1.165) is 27.9 Å². The predicted molar refractivity (Wildman–Crippen MR) is 109 cm³/mol. The Hall–Kier alpha value is -3.80. The van der Waals surface area contributed by atoms with Gasteiger partial charge in [-0.05, 0) is 47.0 Å². The van der Waals surface area contributed by atoms with Gasteiger partial charge in [0.1, 0.15) is 5.82 Å². The minimum absolute atomic E-state index is 0.160. The molecule has 1 N–H and O–H groups in total. The van der Waals surface area contributed by atoms with Crippen molar-refractivity contribution in [1.29, 1.82) is 0 Å². The fraction of sp³-hybridized carbons (Fsp3) is 0.0870. The molecule has 0 fully saturated rings.